The van der Waals surface area contributed by atoms with Gasteiger partial charge in [-0.2, -0.15) is 0 Å². The number of carbonyl (C=O) groups is 1. The molecule has 0 aliphatic carbocycles. The van der Waals surface area contributed by atoms with Gasteiger partial charge in [0.15, 0.2) is 5.16 Å². The standard InChI is InChI=1S/C28H29N3O2S/c1-20-14-16-22(17-15-20)31-26(33)23-12-8-9-13-24(23)29-27(31)34-19-25(32)30(28(2,3)4)18-21-10-6-5-7-11-21/h5-17H,18-19H2,1-4H3. The van der Waals surface area contributed by atoms with E-state index in [9.17, 15) is 9.59 Å². The lowest BCUT2D eigenvalue weighted by Crippen LogP contribution is -2.46. The molecule has 1 aromatic heterocycles. The van der Waals surface area contributed by atoms with Gasteiger partial charge in [0.25, 0.3) is 5.56 Å². The van der Waals surface area contributed by atoms with Gasteiger partial charge in [-0.25, -0.2) is 4.98 Å². The van der Waals surface area contributed by atoms with Crippen molar-refractivity contribution in [3.8, 4) is 5.69 Å². The van der Waals surface area contributed by atoms with Gasteiger partial charge in [-0.05, 0) is 57.5 Å². The van der Waals surface area contributed by atoms with Crippen molar-refractivity contribution < 1.29 is 4.79 Å². The molecule has 0 aliphatic heterocycles. The number of para-hydroxylation sites is 1. The Morgan fingerprint density at radius 2 is 1.59 bits per heavy atom. The van der Waals surface area contributed by atoms with Crippen LogP contribution >= 0.6 is 11.8 Å². The molecule has 3 aromatic carbocycles. The van der Waals surface area contributed by atoms with E-state index in [0.29, 0.717) is 22.6 Å². The molecule has 4 aromatic rings. The molecule has 5 nitrogen and oxygen atoms in total. The van der Waals surface area contributed by atoms with Crippen LogP contribution in [0.1, 0.15) is 31.9 Å². The minimum absolute atomic E-state index is 0.000725. The molecule has 0 saturated carbocycles. The molecule has 4 rings (SSSR count). The SMILES string of the molecule is Cc1ccc(-n2c(SCC(=O)N(Cc3ccccc3)C(C)(C)C)nc3ccccc3c2=O)cc1. The highest BCUT2D eigenvalue weighted by molar-refractivity contribution is 7.99. The maximum Gasteiger partial charge on any atom is 0.266 e. The summed E-state index contributed by atoms with van der Waals surface area (Å²) in [5.41, 5.74) is 3.07. The average molecular weight is 472 g/mol. The number of rotatable bonds is 6. The predicted molar refractivity (Wildman–Crippen MR) is 140 cm³/mol. The van der Waals surface area contributed by atoms with Crippen LogP contribution in [-0.2, 0) is 11.3 Å². The second kappa shape index (κ2) is 9.85. The number of nitrogens with zero attached hydrogens (tertiary/aromatic N) is 3. The summed E-state index contributed by atoms with van der Waals surface area (Å²) in [5, 5.41) is 1.06. The fourth-order valence-electron chi connectivity index (χ4n) is 3.80. The van der Waals surface area contributed by atoms with Crippen molar-refractivity contribution in [1.29, 1.82) is 0 Å². The van der Waals surface area contributed by atoms with Crippen LogP contribution in [0, 0.1) is 6.92 Å². The lowest BCUT2D eigenvalue weighted by atomic mass is 10.0. The fourth-order valence-corrected chi connectivity index (χ4v) is 4.69. The summed E-state index contributed by atoms with van der Waals surface area (Å²) >= 11 is 1.30. The Hall–Kier alpha value is -3.38. The lowest BCUT2D eigenvalue weighted by molar-refractivity contribution is -0.133. The third kappa shape index (κ3) is 5.23. The van der Waals surface area contributed by atoms with Crippen molar-refractivity contribution in [3.05, 3.63) is 100 Å². The molecule has 0 atom stereocenters. The van der Waals surface area contributed by atoms with Gasteiger partial charge in [0.05, 0.1) is 22.3 Å². The lowest BCUT2D eigenvalue weighted by Gasteiger charge is -2.36. The van der Waals surface area contributed by atoms with E-state index in [1.165, 1.54) is 11.8 Å². The van der Waals surface area contributed by atoms with Crippen LogP contribution in [0.4, 0.5) is 0 Å². The van der Waals surface area contributed by atoms with E-state index in [2.05, 4.69) is 0 Å². The summed E-state index contributed by atoms with van der Waals surface area (Å²) in [6, 6.07) is 25.1. The molecule has 174 valence electrons. The number of amides is 1. The predicted octanol–water partition coefficient (Wildman–Crippen LogP) is 5.61. The largest absolute Gasteiger partial charge is 0.333 e. The van der Waals surface area contributed by atoms with Crippen molar-refractivity contribution in [2.45, 2.75) is 44.9 Å². The highest BCUT2D eigenvalue weighted by atomic mass is 32.2. The molecular weight excluding hydrogens is 442 g/mol. The van der Waals surface area contributed by atoms with E-state index >= 15 is 0 Å². The summed E-state index contributed by atoms with van der Waals surface area (Å²) < 4.78 is 1.61. The van der Waals surface area contributed by atoms with Crippen LogP contribution in [0.3, 0.4) is 0 Å². The normalized spacial score (nSPS) is 11.5. The van der Waals surface area contributed by atoms with Crippen LogP contribution in [0.5, 0.6) is 0 Å². The zero-order chi connectivity index (χ0) is 24.3. The first-order valence-electron chi connectivity index (χ1n) is 11.3. The zero-order valence-corrected chi connectivity index (χ0v) is 20.8. The highest BCUT2D eigenvalue weighted by Gasteiger charge is 2.27. The monoisotopic (exact) mass is 471 g/mol. The van der Waals surface area contributed by atoms with Crippen molar-refractivity contribution in [2.24, 2.45) is 0 Å². The second-order valence-electron chi connectivity index (χ2n) is 9.31. The number of benzene rings is 3. The molecule has 0 N–H and O–H groups in total. The molecule has 0 aliphatic rings. The van der Waals surface area contributed by atoms with Crippen molar-refractivity contribution in [3.63, 3.8) is 0 Å². The summed E-state index contributed by atoms with van der Waals surface area (Å²) in [4.78, 5) is 33.5. The van der Waals surface area contributed by atoms with Crippen LogP contribution in [0.25, 0.3) is 16.6 Å². The Labute approximate surface area is 204 Å². The van der Waals surface area contributed by atoms with Gasteiger partial charge in [0, 0.05) is 12.1 Å². The van der Waals surface area contributed by atoms with Crippen LogP contribution < -0.4 is 5.56 Å². The first-order valence-corrected chi connectivity index (χ1v) is 12.3. The van der Waals surface area contributed by atoms with Gasteiger partial charge in [0.1, 0.15) is 0 Å². The number of hydrogen-bond donors (Lipinski definition) is 0. The quantitative estimate of drug-likeness (QED) is 0.271. The third-order valence-electron chi connectivity index (χ3n) is 5.66. The van der Waals surface area contributed by atoms with Gasteiger partial charge in [0.2, 0.25) is 5.91 Å². The number of thioether (sulfide) groups is 1. The number of aromatic nitrogens is 2. The van der Waals surface area contributed by atoms with E-state index in [0.717, 1.165) is 16.8 Å². The number of aryl methyl sites for hydroxylation is 1. The molecule has 6 heteroatoms. The maximum absolute atomic E-state index is 13.4. The summed E-state index contributed by atoms with van der Waals surface area (Å²) in [7, 11) is 0. The van der Waals surface area contributed by atoms with Gasteiger partial charge >= 0.3 is 0 Å². The van der Waals surface area contributed by atoms with Crippen molar-refractivity contribution in [2.75, 3.05) is 5.75 Å². The summed E-state index contributed by atoms with van der Waals surface area (Å²) in [5.74, 6) is 0.181. The summed E-state index contributed by atoms with van der Waals surface area (Å²) in [6.45, 7) is 8.64. The maximum atomic E-state index is 13.4. The Morgan fingerprint density at radius 3 is 2.26 bits per heavy atom. The molecular formula is C28H29N3O2S. The topological polar surface area (TPSA) is 55.2 Å². The summed E-state index contributed by atoms with van der Waals surface area (Å²) in [6.07, 6.45) is 0. The van der Waals surface area contributed by atoms with E-state index in [4.69, 9.17) is 4.98 Å². The number of fused-ring (bicyclic) bond motifs is 1. The molecule has 0 fully saturated rings. The molecule has 1 heterocycles. The molecule has 1 amide bonds. The Morgan fingerprint density at radius 1 is 0.941 bits per heavy atom. The van der Waals surface area contributed by atoms with E-state index < -0.39 is 0 Å². The smallest absolute Gasteiger partial charge is 0.266 e. The molecule has 34 heavy (non-hydrogen) atoms. The van der Waals surface area contributed by atoms with Crippen LogP contribution in [0.15, 0.2) is 88.8 Å². The second-order valence-corrected chi connectivity index (χ2v) is 10.3. The third-order valence-corrected chi connectivity index (χ3v) is 6.58. The van der Waals surface area contributed by atoms with Gasteiger partial charge in [-0.15, -0.1) is 0 Å². The molecule has 0 bridgehead atoms. The average Bonchev–Trinajstić information content (AvgIpc) is 2.82. The van der Waals surface area contributed by atoms with Crippen molar-refractivity contribution >= 4 is 28.6 Å². The zero-order valence-electron chi connectivity index (χ0n) is 20.0. The van der Waals surface area contributed by atoms with E-state index in [-0.39, 0.29) is 22.8 Å². The minimum Gasteiger partial charge on any atom is -0.333 e. The van der Waals surface area contributed by atoms with Gasteiger partial charge in [-0.3, -0.25) is 14.2 Å². The first kappa shape index (κ1) is 23.8. The minimum atomic E-state index is -0.346. The molecule has 0 saturated heterocycles. The Kier molecular flexibility index (Phi) is 6.89. The van der Waals surface area contributed by atoms with Gasteiger partial charge in [-0.1, -0.05) is 71.9 Å². The number of carbonyl (C=O) groups excluding carboxylic acids is 1. The van der Waals surface area contributed by atoms with Gasteiger partial charge < -0.3 is 4.90 Å². The molecule has 0 unspecified atom stereocenters. The van der Waals surface area contributed by atoms with E-state index in [1.807, 2.05) is 105 Å². The molecule has 0 radical (unpaired) electrons. The fraction of sp³-hybridized carbons (Fsp3) is 0.250. The Bertz CT molecular complexity index is 1360. The Balaban J connectivity index is 1.68. The number of hydrogen-bond acceptors (Lipinski definition) is 4. The highest BCUT2D eigenvalue weighted by Crippen LogP contribution is 2.24. The van der Waals surface area contributed by atoms with E-state index in [1.54, 1.807) is 10.6 Å². The first-order chi connectivity index (χ1) is 16.2. The molecule has 0 spiro atoms. The van der Waals surface area contributed by atoms with Crippen molar-refractivity contribution in [1.82, 2.24) is 14.5 Å². The van der Waals surface area contributed by atoms with Crippen LogP contribution in [-0.4, -0.2) is 31.6 Å². The van der Waals surface area contributed by atoms with Crippen LogP contribution in [0.2, 0.25) is 0 Å².